The summed E-state index contributed by atoms with van der Waals surface area (Å²) in [5.41, 5.74) is 6.90. The molecule has 0 aliphatic carbocycles. The van der Waals surface area contributed by atoms with Crippen molar-refractivity contribution in [2.45, 2.75) is 53.5 Å². The lowest BCUT2D eigenvalue weighted by Crippen LogP contribution is -2.42. The summed E-state index contributed by atoms with van der Waals surface area (Å²) in [6.07, 6.45) is 1.87. The third kappa shape index (κ3) is 3.60. The molecule has 1 rings (SSSR count). The molecule has 0 spiro atoms. The predicted octanol–water partition coefficient (Wildman–Crippen LogP) is 2.08. The molecule has 20 heavy (non-hydrogen) atoms. The van der Waals surface area contributed by atoms with Crippen molar-refractivity contribution in [1.29, 1.82) is 0 Å². The van der Waals surface area contributed by atoms with Gasteiger partial charge in [-0.05, 0) is 31.7 Å². The van der Waals surface area contributed by atoms with Gasteiger partial charge in [-0.1, -0.05) is 20.8 Å². The number of hydrogen-bond donors (Lipinski definition) is 2. The van der Waals surface area contributed by atoms with Crippen molar-refractivity contribution in [3.05, 3.63) is 17.5 Å². The molecule has 1 atom stereocenters. The summed E-state index contributed by atoms with van der Waals surface area (Å²) < 4.78 is 1.90. The van der Waals surface area contributed by atoms with Gasteiger partial charge in [-0.25, -0.2) is 0 Å². The van der Waals surface area contributed by atoms with Crippen molar-refractivity contribution < 1.29 is 9.90 Å². The largest absolute Gasteiger partial charge is 0.481 e. The molecule has 0 fully saturated rings. The number of nitrogens with zero attached hydrogens (tertiary/aromatic N) is 2. The molecule has 0 aliphatic rings. The minimum absolute atomic E-state index is 0.150. The fraction of sp³-hybridized carbons (Fsp3) is 0.733. The third-order valence-corrected chi connectivity index (χ3v) is 3.74. The Morgan fingerprint density at radius 1 is 1.50 bits per heavy atom. The van der Waals surface area contributed by atoms with Crippen LogP contribution in [0, 0.1) is 11.3 Å². The number of carboxylic acids is 1. The van der Waals surface area contributed by atoms with Crippen molar-refractivity contribution in [2.24, 2.45) is 17.1 Å². The van der Waals surface area contributed by atoms with E-state index in [-0.39, 0.29) is 6.54 Å². The Hall–Kier alpha value is -1.36. The molecule has 0 amide bonds. The molecular weight excluding hydrogens is 254 g/mol. The van der Waals surface area contributed by atoms with Gasteiger partial charge in [-0.15, -0.1) is 0 Å². The SMILES string of the molecule is CCc1cc(CC(CN)(CC(C)C)C(=O)O)n(CC)n1. The molecule has 0 aliphatic heterocycles. The van der Waals surface area contributed by atoms with Gasteiger partial charge in [0.1, 0.15) is 0 Å². The zero-order valence-electron chi connectivity index (χ0n) is 13.0. The summed E-state index contributed by atoms with van der Waals surface area (Å²) in [6, 6.07) is 2.01. The van der Waals surface area contributed by atoms with E-state index in [2.05, 4.69) is 5.10 Å². The fourth-order valence-corrected chi connectivity index (χ4v) is 2.71. The van der Waals surface area contributed by atoms with Crippen molar-refractivity contribution in [3.8, 4) is 0 Å². The van der Waals surface area contributed by atoms with Crippen molar-refractivity contribution in [3.63, 3.8) is 0 Å². The van der Waals surface area contributed by atoms with Gasteiger partial charge < -0.3 is 10.8 Å². The van der Waals surface area contributed by atoms with Gasteiger partial charge in [0.05, 0.1) is 11.1 Å². The second-order valence-electron chi connectivity index (χ2n) is 5.86. The van der Waals surface area contributed by atoms with Gasteiger partial charge in [0, 0.05) is 25.2 Å². The van der Waals surface area contributed by atoms with Gasteiger partial charge in [0.25, 0.3) is 0 Å². The lowest BCUT2D eigenvalue weighted by atomic mass is 9.76. The van der Waals surface area contributed by atoms with E-state index in [1.54, 1.807) is 0 Å². The molecule has 1 heterocycles. The minimum Gasteiger partial charge on any atom is -0.481 e. The molecule has 0 aromatic carbocycles. The van der Waals surface area contributed by atoms with Crippen LogP contribution in [0.4, 0.5) is 0 Å². The molecular formula is C15H27N3O2. The average molecular weight is 281 g/mol. The topological polar surface area (TPSA) is 81.1 Å². The Balaban J connectivity index is 3.11. The van der Waals surface area contributed by atoms with Crippen molar-refractivity contribution >= 4 is 5.97 Å². The number of nitrogens with two attached hydrogens (primary N) is 1. The molecule has 3 N–H and O–H groups in total. The monoisotopic (exact) mass is 281 g/mol. The maximum atomic E-state index is 11.8. The molecule has 114 valence electrons. The van der Waals surface area contributed by atoms with Crippen LogP contribution in [-0.2, 0) is 24.2 Å². The van der Waals surface area contributed by atoms with Crippen molar-refractivity contribution in [2.75, 3.05) is 6.54 Å². The molecule has 1 aromatic heterocycles. The standard InChI is InChI=1S/C15H27N3O2/c1-5-12-7-13(18(6-2)17-12)9-15(10-16,14(19)20)8-11(3)4/h7,11H,5-6,8-10,16H2,1-4H3,(H,19,20). The summed E-state index contributed by atoms with van der Waals surface area (Å²) >= 11 is 0. The van der Waals surface area contributed by atoms with Crippen molar-refractivity contribution in [1.82, 2.24) is 9.78 Å². The Morgan fingerprint density at radius 3 is 2.55 bits per heavy atom. The second-order valence-corrected chi connectivity index (χ2v) is 5.86. The Morgan fingerprint density at radius 2 is 2.15 bits per heavy atom. The zero-order chi connectivity index (χ0) is 15.3. The van der Waals surface area contributed by atoms with E-state index in [0.29, 0.717) is 18.8 Å². The maximum absolute atomic E-state index is 11.8. The number of rotatable bonds is 8. The fourth-order valence-electron chi connectivity index (χ4n) is 2.71. The van der Waals surface area contributed by atoms with Crippen LogP contribution >= 0.6 is 0 Å². The summed E-state index contributed by atoms with van der Waals surface area (Å²) in [7, 11) is 0. The molecule has 0 saturated heterocycles. The van der Waals surface area contributed by atoms with Crippen LogP contribution < -0.4 is 5.73 Å². The highest BCUT2D eigenvalue weighted by atomic mass is 16.4. The number of aryl methyl sites for hydroxylation is 2. The molecule has 0 radical (unpaired) electrons. The van der Waals surface area contributed by atoms with E-state index >= 15 is 0 Å². The van der Waals surface area contributed by atoms with E-state index in [9.17, 15) is 9.90 Å². The van der Waals surface area contributed by atoms with Gasteiger partial charge in [-0.3, -0.25) is 9.48 Å². The quantitative estimate of drug-likeness (QED) is 0.764. The first-order chi connectivity index (χ1) is 9.38. The van der Waals surface area contributed by atoms with Gasteiger partial charge in [0.2, 0.25) is 0 Å². The molecule has 0 saturated carbocycles. The molecule has 5 nitrogen and oxygen atoms in total. The number of hydrogen-bond acceptors (Lipinski definition) is 3. The first kappa shape index (κ1) is 16.7. The minimum atomic E-state index is -0.897. The highest BCUT2D eigenvalue weighted by Gasteiger charge is 2.39. The molecule has 1 unspecified atom stereocenters. The van der Waals surface area contributed by atoms with E-state index in [4.69, 9.17) is 5.73 Å². The average Bonchev–Trinajstić information content (AvgIpc) is 2.79. The summed E-state index contributed by atoms with van der Waals surface area (Å²) in [5, 5.41) is 14.1. The van der Waals surface area contributed by atoms with E-state index < -0.39 is 11.4 Å². The summed E-state index contributed by atoms with van der Waals surface area (Å²) in [4.78, 5) is 11.8. The number of carbonyl (C=O) groups is 1. The highest BCUT2D eigenvalue weighted by molar-refractivity contribution is 5.75. The lowest BCUT2D eigenvalue weighted by molar-refractivity contribution is -0.149. The van der Waals surface area contributed by atoms with Crippen LogP contribution in [0.1, 0.15) is 45.5 Å². The second kappa shape index (κ2) is 6.88. The number of carboxylic acid groups (broad SMARTS) is 1. The smallest absolute Gasteiger partial charge is 0.311 e. The number of aromatic nitrogens is 2. The lowest BCUT2D eigenvalue weighted by Gasteiger charge is -2.29. The third-order valence-electron chi connectivity index (χ3n) is 3.74. The first-order valence-corrected chi connectivity index (χ1v) is 7.37. The van der Waals surface area contributed by atoms with Crippen LogP contribution in [0.2, 0.25) is 0 Å². The van der Waals surface area contributed by atoms with E-state index in [1.807, 2.05) is 38.4 Å². The first-order valence-electron chi connectivity index (χ1n) is 7.37. The molecule has 0 bridgehead atoms. The predicted molar refractivity (Wildman–Crippen MR) is 79.6 cm³/mol. The maximum Gasteiger partial charge on any atom is 0.311 e. The highest BCUT2D eigenvalue weighted by Crippen LogP contribution is 2.31. The Kier molecular flexibility index (Phi) is 5.74. The molecule has 5 heteroatoms. The number of aliphatic carboxylic acids is 1. The zero-order valence-corrected chi connectivity index (χ0v) is 13.0. The van der Waals surface area contributed by atoms with Gasteiger partial charge in [-0.2, -0.15) is 5.10 Å². The van der Waals surface area contributed by atoms with Crippen LogP contribution in [0.25, 0.3) is 0 Å². The van der Waals surface area contributed by atoms with Crippen LogP contribution in [0.15, 0.2) is 6.07 Å². The summed E-state index contributed by atoms with van der Waals surface area (Å²) in [5.74, 6) is -0.520. The van der Waals surface area contributed by atoms with Gasteiger partial charge in [0.15, 0.2) is 0 Å². The Bertz CT molecular complexity index is 454. The van der Waals surface area contributed by atoms with Crippen LogP contribution in [0.5, 0.6) is 0 Å². The van der Waals surface area contributed by atoms with Gasteiger partial charge >= 0.3 is 5.97 Å². The molecule has 1 aromatic rings. The van der Waals surface area contributed by atoms with E-state index in [0.717, 1.165) is 24.4 Å². The van der Waals surface area contributed by atoms with Crippen LogP contribution in [-0.4, -0.2) is 27.4 Å². The van der Waals surface area contributed by atoms with E-state index in [1.165, 1.54) is 0 Å². The summed E-state index contributed by atoms with van der Waals surface area (Å²) in [6.45, 7) is 9.02. The Labute approximate surface area is 121 Å². The van der Waals surface area contributed by atoms with Crippen LogP contribution in [0.3, 0.4) is 0 Å². The normalized spacial score (nSPS) is 14.5.